The number of aromatic amines is 1. The summed E-state index contributed by atoms with van der Waals surface area (Å²) < 4.78 is 48.4. The van der Waals surface area contributed by atoms with Gasteiger partial charge in [-0.2, -0.15) is 13.2 Å². The van der Waals surface area contributed by atoms with Crippen LogP contribution >= 0.6 is 0 Å². The molecule has 4 aromatic rings. The normalized spacial score (nSPS) is 16.8. The summed E-state index contributed by atoms with van der Waals surface area (Å²) in [5, 5.41) is 18.1. The fraction of sp³-hybridized carbons (Fsp3) is 0.357. The molecule has 9 nitrogen and oxygen atoms in total. The minimum absolute atomic E-state index is 0.00806. The number of H-pyrrole nitrogens is 1. The highest BCUT2D eigenvalue weighted by molar-refractivity contribution is 5.80. The number of carboxylic acid groups (broad SMARTS) is 1. The van der Waals surface area contributed by atoms with E-state index < -0.39 is 36.3 Å². The van der Waals surface area contributed by atoms with Crippen LogP contribution in [0.2, 0.25) is 0 Å². The molecule has 210 valence electrons. The molecule has 0 bridgehead atoms. The Labute approximate surface area is 227 Å². The van der Waals surface area contributed by atoms with Gasteiger partial charge in [0, 0.05) is 38.7 Å². The van der Waals surface area contributed by atoms with E-state index in [2.05, 4.69) is 15.3 Å². The lowest BCUT2D eigenvalue weighted by Crippen LogP contribution is -2.42. The third-order valence-electron chi connectivity index (χ3n) is 7.40. The number of fused-ring (bicyclic) bond motifs is 2. The smallest absolute Gasteiger partial charge is 0.426 e. The van der Waals surface area contributed by atoms with Crippen LogP contribution in [0.1, 0.15) is 45.8 Å². The summed E-state index contributed by atoms with van der Waals surface area (Å²) in [6.07, 6.45) is -6.88. The molecule has 0 saturated heterocycles. The second kappa shape index (κ2) is 10.4. The van der Waals surface area contributed by atoms with E-state index in [1.54, 1.807) is 16.6 Å². The molecule has 2 aromatic heterocycles. The maximum Gasteiger partial charge on any atom is 0.426 e. The number of rotatable bonds is 6. The third kappa shape index (κ3) is 5.44. The minimum atomic E-state index is -4.62. The van der Waals surface area contributed by atoms with Crippen LogP contribution in [-0.4, -0.2) is 54.8 Å². The molecule has 0 aliphatic carbocycles. The molecule has 0 amide bonds. The molecule has 1 aliphatic rings. The minimum Gasteiger partial charge on any atom is -0.481 e. The zero-order valence-corrected chi connectivity index (χ0v) is 22.1. The Kier molecular flexibility index (Phi) is 7.13. The Hall–Kier alpha value is -4.19. The first-order valence-electron chi connectivity index (χ1n) is 12.7. The van der Waals surface area contributed by atoms with E-state index in [-0.39, 0.29) is 31.0 Å². The van der Waals surface area contributed by atoms with Gasteiger partial charge in [0.15, 0.2) is 0 Å². The van der Waals surface area contributed by atoms with Crippen molar-refractivity contribution < 1.29 is 27.8 Å². The van der Waals surface area contributed by atoms with Gasteiger partial charge >= 0.3 is 12.1 Å². The number of aromatic nitrogens is 4. The lowest BCUT2D eigenvalue weighted by atomic mass is 9.84. The monoisotopic (exact) mass is 555 g/mol. The van der Waals surface area contributed by atoms with Gasteiger partial charge in [0.2, 0.25) is 11.7 Å². The standard InChI is InChI=1S/C28H28F3N5O4/c1-15-4-5-17(20(11-26(38)39)19-6-7-22-27(16(19)2)33-34-35(22)3)10-18(15)12-36-13-21-23(8-9-25(37)32-21)40-24(14-36)28(29,30)31/h4-10,20,24H,11-14H2,1-3H3,(H,32,37)(H,38,39)/t20?,24-/m0/s1. The Balaban J connectivity index is 1.52. The first-order valence-corrected chi connectivity index (χ1v) is 12.7. The van der Waals surface area contributed by atoms with Gasteiger partial charge in [0.1, 0.15) is 11.3 Å². The van der Waals surface area contributed by atoms with Gasteiger partial charge < -0.3 is 14.8 Å². The number of hydrogen-bond donors (Lipinski definition) is 2. The fourth-order valence-electron chi connectivity index (χ4n) is 5.26. The summed E-state index contributed by atoms with van der Waals surface area (Å²) in [6.45, 7) is 3.47. The number of aryl methyl sites for hydroxylation is 3. The van der Waals surface area contributed by atoms with E-state index in [1.807, 2.05) is 44.2 Å². The second-order valence-corrected chi connectivity index (χ2v) is 10.2. The van der Waals surface area contributed by atoms with Gasteiger partial charge in [0.05, 0.1) is 17.6 Å². The number of hydrogen-bond acceptors (Lipinski definition) is 6. The summed E-state index contributed by atoms with van der Waals surface area (Å²) in [4.78, 5) is 28.0. The number of carbonyl (C=O) groups is 1. The topological polar surface area (TPSA) is 113 Å². The SMILES string of the molecule is Cc1ccc(C(CC(=O)O)c2ccc3c(nnn3C)c2C)cc1CN1Cc2[nH]c(=O)ccc2O[C@H](C(F)(F)F)C1. The number of benzene rings is 2. The van der Waals surface area contributed by atoms with Crippen LogP contribution in [0.15, 0.2) is 47.3 Å². The molecule has 0 fully saturated rings. The van der Waals surface area contributed by atoms with Crippen LogP contribution in [-0.2, 0) is 24.9 Å². The molecule has 5 rings (SSSR count). The lowest BCUT2D eigenvalue weighted by molar-refractivity contribution is -0.198. The Morgan fingerprint density at radius 2 is 1.98 bits per heavy atom. The first kappa shape index (κ1) is 27.4. The number of carboxylic acids is 1. The highest BCUT2D eigenvalue weighted by Gasteiger charge is 2.44. The fourth-order valence-corrected chi connectivity index (χ4v) is 5.26. The molecule has 1 aliphatic heterocycles. The van der Waals surface area contributed by atoms with Crippen LogP contribution in [0, 0.1) is 13.8 Å². The van der Waals surface area contributed by atoms with E-state index in [1.165, 1.54) is 6.07 Å². The van der Waals surface area contributed by atoms with Gasteiger partial charge in [-0.3, -0.25) is 14.5 Å². The number of nitrogens with one attached hydrogen (secondary N) is 1. The number of pyridine rings is 1. The average Bonchev–Trinajstić information content (AvgIpc) is 3.15. The van der Waals surface area contributed by atoms with Gasteiger partial charge in [0.25, 0.3) is 0 Å². The van der Waals surface area contributed by atoms with Crippen LogP contribution < -0.4 is 10.3 Å². The third-order valence-corrected chi connectivity index (χ3v) is 7.40. The van der Waals surface area contributed by atoms with Gasteiger partial charge in [-0.15, -0.1) is 5.10 Å². The van der Waals surface area contributed by atoms with Crippen LogP contribution in [0.3, 0.4) is 0 Å². The van der Waals surface area contributed by atoms with E-state index in [9.17, 15) is 27.9 Å². The van der Waals surface area contributed by atoms with Gasteiger partial charge in [-0.1, -0.05) is 29.5 Å². The Morgan fingerprint density at radius 1 is 1.20 bits per heavy atom. The van der Waals surface area contributed by atoms with E-state index in [0.717, 1.165) is 39.4 Å². The van der Waals surface area contributed by atoms with Crippen molar-refractivity contribution in [3.63, 3.8) is 0 Å². The molecule has 2 aromatic carbocycles. The highest BCUT2D eigenvalue weighted by Crippen LogP contribution is 2.35. The van der Waals surface area contributed by atoms with Crippen molar-refractivity contribution in [2.24, 2.45) is 7.05 Å². The van der Waals surface area contributed by atoms with Gasteiger partial charge in [-0.05, 0) is 53.8 Å². The summed E-state index contributed by atoms with van der Waals surface area (Å²) in [5.74, 6) is -1.51. The van der Waals surface area contributed by atoms with Crippen molar-refractivity contribution in [2.45, 2.75) is 51.6 Å². The molecule has 1 unspecified atom stereocenters. The van der Waals surface area contributed by atoms with Crippen LogP contribution in [0.25, 0.3) is 11.0 Å². The van der Waals surface area contributed by atoms with E-state index in [4.69, 9.17) is 4.74 Å². The summed E-state index contributed by atoms with van der Waals surface area (Å²) in [7, 11) is 1.78. The number of nitrogens with zero attached hydrogens (tertiary/aromatic N) is 4. The van der Waals surface area contributed by atoms with Crippen molar-refractivity contribution in [1.82, 2.24) is 24.9 Å². The molecule has 0 radical (unpaired) electrons. The largest absolute Gasteiger partial charge is 0.481 e. The molecular formula is C28H28F3N5O4. The highest BCUT2D eigenvalue weighted by atomic mass is 19.4. The zero-order chi connectivity index (χ0) is 28.8. The van der Waals surface area contributed by atoms with Crippen molar-refractivity contribution >= 4 is 17.0 Å². The van der Waals surface area contributed by atoms with Crippen molar-refractivity contribution in [3.05, 3.63) is 86.3 Å². The maximum absolute atomic E-state index is 13.8. The molecule has 40 heavy (non-hydrogen) atoms. The molecule has 12 heteroatoms. The van der Waals surface area contributed by atoms with Gasteiger partial charge in [-0.25, -0.2) is 4.68 Å². The maximum atomic E-state index is 13.8. The quantitative estimate of drug-likeness (QED) is 0.367. The summed E-state index contributed by atoms with van der Waals surface area (Å²) >= 11 is 0. The van der Waals surface area contributed by atoms with Crippen molar-refractivity contribution in [1.29, 1.82) is 0 Å². The number of ether oxygens (including phenoxy) is 1. The van der Waals surface area contributed by atoms with Crippen molar-refractivity contribution in [2.75, 3.05) is 6.54 Å². The first-order chi connectivity index (χ1) is 18.9. The summed E-state index contributed by atoms with van der Waals surface area (Å²) in [6, 6.07) is 11.7. The second-order valence-electron chi connectivity index (χ2n) is 10.2. The van der Waals surface area contributed by atoms with Crippen molar-refractivity contribution in [3.8, 4) is 5.75 Å². The zero-order valence-electron chi connectivity index (χ0n) is 22.1. The number of alkyl halides is 3. The van der Waals surface area contributed by atoms with Crippen LogP contribution in [0.4, 0.5) is 13.2 Å². The van der Waals surface area contributed by atoms with E-state index in [0.29, 0.717) is 5.52 Å². The molecule has 2 N–H and O–H groups in total. The number of aliphatic carboxylic acids is 1. The number of halogens is 3. The molecular weight excluding hydrogens is 527 g/mol. The predicted octanol–water partition coefficient (Wildman–Crippen LogP) is 4.21. The summed E-state index contributed by atoms with van der Waals surface area (Å²) in [5.41, 5.74) is 5.25. The average molecular weight is 556 g/mol. The lowest BCUT2D eigenvalue weighted by Gasteiger charge is -2.26. The Bertz CT molecular complexity index is 1650. The van der Waals surface area contributed by atoms with Crippen LogP contribution in [0.5, 0.6) is 5.75 Å². The predicted molar refractivity (Wildman–Crippen MR) is 140 cm³/mol. The molecule has 0 spiro atoms. The molecule has 2 atom stereocenters. The molecule has 0 saturated carbocycles. The Morgan fingerprint density at radius 3 is 2.70 bits per heavy atom. The molecule has 3 heterocycles. The van der Waals surface area contributed by atoms with E-state index >= 15 is 0 Å².